The summed E-state index contributed by atoms with van der Waals surface area (Å²) in [4.78, 5) is 7.19. The Morgan fingerprint density at radius 3 is 2.00 bits per heavy atom. The SMILES string of the molecule is c1ccc(-c2ccccc2N(c2ccc(-c3ccc4ccccc4c3)cc2)c2ccc3oc4cccc(-c5nc6ccccc6o5)c4c3c2)cc1. The lowest BCUT2D eigenvalue weighted by Crippen LogP contribution is -2.11. The van der Waals surface area contributed by atoms with Crippen LogP contribution in [0.1, 0.15) is 0 Å². The van der Waals surface area contributed by atoms with Crippen LogP contribution in [0.15, 0.2) is 191 Å². The summed E-state index contributed by atoms with van der Waals surface area (Å²) in [6.45, 7) is 0. The van der Waals surface area contributed by atoms with Crippen molar-refractivity contribution >= 4 is 60.9 Å². The van der Waals surface area contributed by atoms with Gasteiger partial charge in [0.25, 0.3) is 0 Å². The Hall–Kier alpha value is -6.91. The standard InChI is InChI=1S/C47H30N2O2/c1-2-12-33(13-3-1)38-15-6-8-18-42(38)49(36-25-23-32(24-26-36)35-22-21-31-11-4-5-14-34(31)29-35)37-27-28-43-40(30-37)46-39(16-10-20-45(46)50-43)47-48-41-17-7-9-19-44(41)51-47/h1-30H. The summed E-state index contributed by atoms with van der Waals surface area (Å²) in [6.07, 6.45) is 0. The predicted octanol–water partition coefficient (Wildman–Crippen LogP) is 13.4. The summed E-state index contributed by atoms with van der Waals surface area (Å²) in [7, 11) is 0. The fourth-order valence-corrected chi connectivity index (χ4v) is 7.25. The second-order valence-electron chi connectivity index (χ2n) is 12.8. The van der Waals surface area contributed by atoms with Crippen LogP contribution in [0.25, 0.3) is 77.5 Å². The van der Waals surface area contributed by atoms with Crippen LogP contribution in [0.2, 0.25) is 0 Å². The maximum atomic E-state index is 6.44. The maximum Gasteiger partial charge on any atom is 0.228 e. The van der Waals surface area contributed by atoms with E-state index in [0.29, 0.717) is 5.89 Å². The molecule has 0 atom stereocenters. The number of oxazole rings is 1. The molecule has 0 amide bonds. The monoisotopic (exact) mass is 654 g/mol. The molecule has 4 nitrogen and oxygen atoms in total. The molecule has 0 unspecified atom stereocenters. The van der Waals surface area contributed by atoms with Crippen molar-refractivity contribution < 1.29 is 8.83 Å². The van der Waals surface area contributed by atoms with Gasteiger partial charge in [0.2, 0.25) is 5.89 Å². The van der Waals surface area contributed by atoms with E-state index in [1.807, 2.05) is 36.4 Å². The fraction of sp³-hybridized carbons (Fsp3) is 0. The van der Waals surface area contributed by atoms with Gasteiger partial charge in [-0.15, -0.1) is 0 Å². The van der Waals surface area contributed by atoms with Crippen LogP contribution in [0.3, 0.4) is 0 Å². The van der Waals surface area contributed by atoms with Crippen LogP contribution in [0.4, 0.5) is 17.1 Å². The molecule has 0 bridgehead atoms. The van der Waals surface area contributed by atoms with Crippen molar-refractivity contribution in [1.29, 1.82) is 0 Å². The number of benzene rings is 8. The molecule has 0 aliphatic heterocycles. The van der Waals surface area contributed by atoms with Gasteiger partial charge in [0.05, 0.1) is 5.69 Å². The molecule has 0 saturated carbocycles. The van der Waals surface area contributed by atoms with Crippen LogP contribution in [0, 0.1) is 0 Å². The van der Waals surface area contributed by atoms with Crippen molar-refractivity contribution in [2.24, 2.45) is 0 Å². The minimum absolute atomic E-state index is 0.575. The number of furan rings is 1. The Morgan fingerprint density at radius 2 is 1.12 bits per heavy atom. The highest BCUT2D eigenvalue weighted by Crippen LogP contribution is 2.44. The molecule has 0 radical (unpaired) electrons. The molecular weight excluding hydrogens is 625 g/mol. The molecule has 0 N–H and O–H groups in total. The molecule has 51 heavy (non-hydrogen) atoms. The van der Waals surface area contributed by atoms with Crippen LogP contribution in [-0.2, 0) is 0 Å². The average molecular weight is 655 g/mol. The number of anilines is 3. The molecular formula is C47H30N2O2. The van der Waals surface area contributed by atoms with Gasteiger partial charge in [-0.3, -0.25) is 0 Å². The van der Waals surface area contributed by atoms with Gasteiger partial charge in [-0.05, 0) is 94.2 Å². The highest BCUT2D eigenvalue weighted by Gasteiger charge is 2.21. The Kier molecular flexibility index (Phi) is 6.78. The van der Waals surface area contributed by atoms with Crippen LogP contribution in [0.5, 0.6) is 0 Å². The second-order valence-corrected chi connectivity index (χ2v) is 12.8. The van der Waals surface area contributed by atoms with E-state index in [-0.39, 0.29) is 0 Å². The van der Waals surface area contributed by atoms with Crippen LogP contribution < -0.4 is 4.90 Å². The zero-order chi connectivity index (χ0) is 33.7. The lowest BCUT2D eigenvalue weighted by molar-refractivity contribution is 0.620. The molecule has 4 heteroatoms. The van der Waals surface area contributed by atoms with Crippen molar-refractivity contribution in [2.45, 2.75) is 0 Å². The zero-order valence-electron chi connectivity index (χ0n) is 27.5. The molecule has 10 rings (SSSR count). The first-order valence-electron chi connectivity index (χ1n) is 17.1. The maximum absolute atomic E-state index is 6.44. The Bertz CT molecular complexity index is 2830. The third-order valence-electron chi connectivity index (χ3n) is 9.70. The molecule has 10 aromatic rings. The zero-order valence-corrected chi connectivity index (χ0v) is 27.5. The molecule has 0 aliphatic carbocycles. The Labute approximate surface area is 294 Å². The van der Waals surface area contributed by atoms with Gasteiger partial charge in [0.1, 0.15) is 16.7 Å². The lowest BCUT2D eigenvalue weighted by atomic mass is 9.99. The fourth-order valence-electron chi connectivity index (χ4n) is 7.25. The average Bonchev–Trinajstić information content (AvgIpc) is 3.80. The minimum atomic E-state index is 0.575. The van der Waals surface area contributed by atoms with Crippen molar-refractivity contribution in [3.05, 3.63) is 182 Å². The summed E-state index contributed by atoms with van der Waals surface area (Å²) >= 11 is 0. The molecule has 0 saturated heterocycles. The second kappa shape index (κ2) is 11.9. The number of nitrogens with zero attached hydrogens (tertiary/aromatic N) is 2. The molecule has 2 aromatic heterocycles. The van der Waals surface area contributed by atoms with E-state index >= 15 is 0 Å². The van der Waals surface area contributed by atoms with Gasteiger partial charge in [0, 0.05) is 33.3 Å². The van der Waals surface area contributed by atoms with Gasteiger partial charge in [-0.25, -0.2) is 4.98 Å². The van der Waals surface area contributed by atoms with Crippen molar-refractivity contribution in [3.8, 4) is 33.7 Å². The van der Waals surface area contributed by atoms with Gasteiger partial charge in [-0.1, -0.05) is 115 Å². The number of rotatable bonds is 6. The highest BCUT2D eigenvalue weighted by atomic mass is 16.3. The summed E-state index contributed by atoms with van der Waals surface area (Å²) < 4.78 is 12.7. The minimum Gasteiger partial charge on any atom is -0.456 e. The summed E-state index contributed by atoms with van der Waals surface area (Å²) in [5.41, 5.74) is 11.9. The Morgan fingerprint density at radius 1 is 0.412 bits per heavy atom. The smallest absolute Gasteiger partial charge is 0.228 e. The third kappa shape index (κ3) is 5.04. The number of fused-ring (bicyclic) bond motifs is 5. The molecule has 0 fully saturated rings. The molecule has 0 aliphatic rings. The number of hydrogen-bond donors (Lipinski definition) is 0. The topological polar surface area (TPSA) is 42.4 Å². The van der Waals surface area contributed by atoms with E-state index in [2.05, 4.69) is 150 Å². The first kappa shape index (κ1) is 29.0. The van der Waals surface area contributed by atoms with Crippen LogP contribution in [-0.4, -0.2) is 4.98 Å². The number of para-hydroxylation sites is 3. The quantitative estimate of drug-likeness (QED) is 0.179. The van der Waals surface area contributed by atoms with E-state index in [1.54, 1.807) is 0 Å². The molecule has 0 spiro atoms. The van der Waals surface area contributed by atoms with Crippen molar-refractivity contribution in [3.63, 3.8) is 0 Å². The van der Waals surface area contributed by atoms with E-state index in [9.17, 15) is 0 Å². The lowest BCUT2D eigenvalue weighted by Gasteiger charge is -2.28. The van der Waals surface area contributed by atoms with Gasteiger partial charge in [0.15, 0.2) is 5.58 Å². The first-order chi connectivity index (χ1) is 25.3. The van der Waals surface area contributed by atoms with E-state index < -0.39 is 0 Å². The van der Waals surface area contributed by atoms with E-state index in [1.165, 1.54) is 21.9 Å². The van der Waals surface area contributed by atoms with E-state index in [4.69, 9.17) is 13.8 Å². The van der Waals surface area contributed by atoms with Gasteiger partial charge in [-0.2, -0.15) is 0 Å². The number of hydrogen-bond acceptors (Lipinski definition) is 4. The summed E-state index contributed by atoms with van der Waals surface area (Å²) in [5, 5.41) is 4.44. The number of aromatic nitrogens is 1. The normalized spacial score (nSPS) is 11.5. The summed E-state index contributed by atoms with van der Waals surface area (Å²) in [5.74, 6) is 0.575. The molecule has 240 valence electrons. The van der Waals surface area contributed by atoms with Crippen molar-refractivity contribution in [1.82, 2.24) is 4.98 Å². The first-order valence-corrected chi connectivity index (χ1v) is 17.1. The molecule has 2 heterocycles. The predicted molar refractivity (Wildman–Crippen MR) is 210 cm³/mol. The van der Waals surface area contributed by atoms with Gasteiger partial charge < -0.3 is 13.7 Å². The summed E-state index contributed by atoms with van der Waals surface area (Å²) in [6, 6.07) is 63.6. The van der Waals surface area contributed by atoms with Gasteiger partial charge >= 0.3 is 0 Å². The highest BCUT2D eigenvalue weighted by molar-refractivity contribution is 6.13. The Balaban J connectivity index is 1.16. The largest absolute Gasteiger partial charge is 0.456 e. The third-order valence-corrected chi connectivity index (χ3v) is 9.70. The van der Waals surface area contributed by atoms with E-state index in [0.717, 1.165) is 66.8 Å². The van der Waals surface area contributed by atoms with Crippen LogP contribution >= 0.6 is 0 Å². The van der Waals surface area contributed by atoms with Crippen molar-refractivity contribution in [2.75, 3.05) is 4.90 Å². The molecule has 8 aromatic carbocycles.